The molecule has 0 bridgehead atoms. The van der Waals surface area contributed by atoms with E-state index in [1.165, 1.54) is 19.6 Å². The normalized spacial score (nSPS) is 22.6. The maximum Gasteiger partial charge on any atom is 0.217 e. The molecular formula is C23H24N6O4. The standard InChI is InChI=1S/C23H24N6O4/c1-13(31)28-18-17(10-30)33-23(20(18)32)29-12-27-19-21(25-11-26-22(19)29)24-9-15-7-4-6-14-5-2-3-8-16(14)15/h2-8,11-12,17-18,20,23,30,32H,9-10H2,1H3,(H,28,31)(H,24,25,26)/t17-,18-,20-,23+/m1/s1. The molecule has 4 N–H and O–H groups in total. The Labute approximate surface area is 189 Å². The Morgan fingerprint density at radius 2 is 1.97 bits per heavy atom. The second-order valence-electron chi connectivity index (χ2n) is 8.00. The molecule has 0 unspecified atom stereocenters. The monoisotopic (exact) mass is 448 g/mol. The minimum absolute atomic E-state index is 0.320. The van der Waals surface area contributed by atoms with Gasteiger partial charge in [0.2, 0.25) is 5.91 Å². The van der Waals surface area contributed by atoms with Crippen molar-refractivity contribution in [2.75, 3.05) is 11.9 Å². The van der Waals surface area contributed by atoms with Gasteiger partial charge in [0.05, 0.1) is 19.0 Å². The van der Waals surface area contributed by atoms with Gasteiger partial charge < -0.3 is 25.6 Å². The van der Waals surface area contributed by atoms with Crippen molar-refractivity contribution in [3.05, 3.63) is 60.7 Å². The van der Waals surface area contributed by atoms with E-state index >= 15 is 0 Å². The summed E-state index contributed by atoms with van der Waals surface area (Å²) in [7, 11) is 0. The average molecular weight is 448 g/mol. The van der Waals surface area contributed by atoms with Crippen LogP contribution in [-0.2, 0) is 16.1 Å². The number of anilines is 1. The lowest BCUT2D eigenvalue weighted by molar-refractivity contribution is -0.120. The van der Waals surface area contributed by atoms with Crippen LogP contribution in [0.15, 0.2) is 55.1 Å². The van der Waals surface area contributed by atoms with Crippen LogP contribution in [0.4, 0.5) is 5.82 Å². The molecule has 10 nitrogen and oxygen atoms in total. The largest absolute Gasteiger partial charge is 0.394 e. The smallest absolute Gasteiger partial charge is 0.217 e. The zero-order valence-electron chi connectivity index (χ0n) is 17.9. The third-order valence-corrected chi connectivity index (χ3v) is 5.88. The van der Waals surface area contributed by atoms with Gasteiger partial charge in [-0.3, -0.25) is 9.36 Å². The van der Waals surface area contributed by atoms with E-state index in [0.717, 1.165) is 16.3 Å². The van der Waals surface area contributed by atoms with Gasteiger partial charge in [0, 0.05) is 13.5 Å². The van der Waals surface area contributed by atoms with Crippen LogP contribution >= 0.6 is 0 Å². The predicted octanol–water partition coefficient (Wildman–Crippen LogP) is 1.35. The first-order valence-corrected chi connectivity index (χ1v) is 10.7. The Balaban J connectivity index is 1.42. The molecule has 10 heteroatoms. The fraction of sp³-hybridized carbons (Fsp3) is 0.304. The number of amides is 1. The second-order valence-corrected chi connectivity index (χ2v) is 8.00. The Bertz CT molecular complexity index is 1300. The van der Waals surface area contributed by atoms with Crippen molar-refractivity contribution in [3.63, 3.8) is 0 Å². The van der Waals surface area contributed by atoms with Gasteiger partial charge >= 0.3 is 0 Å². The van der Waals surface area contributed by atoms with Crippen molar-refractivity contribution >= 4 is 33.7 Å². The van der Waals surface area contributed by atoms with Crippen molar-refractivity contribution in [1.29, 1.82) is 0 Å². The Morgan fingerprint density at radius 3 is 2.79 bits per heavy atom. The first-order valence-electron chi connectivity index (χ1n) is 10.7. The number of aliphatic hydroxyl groups excluding tert-OH is 2. The molecule has 0 saturated carbocycles. The summed E-state index contributed by atoms with van der Waals surface area (Å²) in [5, 5.41) is 28.7. The molecule has 4 atom stereocenters. The number of ether oxygens (including phenoxy) is 1. The maximum atomic E-state index is 11.5. The molecule has 170 valence electrons. The highest BCUT2D eigenvalue weighted by atomic mass is 16.5. The minimum Gasteiger partial charge on any atom is -0.394 e. The summed E-state index contributed by atoms with van der Waals surface area (Å²) in [4.78, 5) is 24.6. The first-order chi connectivity index (χ1) is 16.1. The van der Waals surface area contributed by atoms with Crippen LogP contribution in [-0.4, -0.2) is 60.5 Å². The summed E-state index contributed by atoms with van der Waals surface area (Å²) in [5.41, 5.74) is 2.12. The topological polar surface area (TPSA) is 134 Å². The van der Waals surface area contributed by atoms with Crippen molar-refractivity contribution in [1.82, 2.24) is 24.8 Å². The number of rotatable bonds is 6. The molecule has 1 aliphatic rings. The molecule has 3 heterocycles. The zero-order valence-corrected chi connectivity index (χ0v) is 17.9. The Kier molecular flexibility index (Phi) is 5.63. The second kappa shape index (κ2) is 8.74. The van der Waals surface area contributed by atoms with Crippen LogP contribution in [0.3, 0.4) is 0 Å². The molecule has 2 aromatic carbocycles. The summed E-state index contributed by atoms with van der Waals surface area (Å²) >= 11 is 0. The van der Waals surface area contributed by atoms with Crippen LogP contribution in [0.25, 0.3) is 21.9 Å². The van der Waals surface area contributed by atoms with E-state index in [1.807, 2.05) is 18.2 Å². The quantitative estimate of drug-likeness (QED) is 0.347. The number of aliphatic hydroxyl groups is 2. The summed E-state index contributed by atoms with van der Waals surface area (Å²) in [6.45, 7) is 1.54. The number of fused-ring (bicyclic) bond motifs is 2. The van der Waals surface area contributed by atoms with Gasteiger partial charge in [-0.05, 0) is 16.3 Å². The molecule has 33 heavy (non-hydrogen) atoms. The highest BCUT2D eigenvalue weighted by molar-refractivity contribution is 5.86. The molecule has 5 rings (SSSR count). The van der Waals surface area contributed by atoms with Crippen LogP contribution in [0.1, 0.15) is 18.7 Å². The third kappa shape index (κ3) is 3.88. The van der Waals surface area contributed by atoms with Crippen molar-refractivity contribution in [2.24, 2.45) is 0 Å². The summed E-state index contributed by atoms with van der Waals surface area (Å²) < 4.78 is 7.43. The molecule has 1 saturated heterocycles. The van der Waals surface area contributed by atoms with Crippen LogP contribution in [0.2, 0.25) is 0 Å². The van der Waals surface area contributed by atoms with E-state index in [1.54, 1.807) is 4.57 Å². The van der Waals surface area contributed by atoms with E-state index in [-0.39, 0.29) is 12.5 Å². The zero-order chi connectivity index (χ0) is 22.9. The van der Waals surface area contributed by atoms with Crippen LogP contribution in [0, 0.1) is 0 Å². The molecule has 0 spiro atoms. The lowest BCUT2D eigenvalue weighted by Crippen LogP contribution is -2.47. The Hall–Kier alpha value is -3.60. The predicted molar refractivity (Wildman–Crippen MR) is 121 cm³/mol. The van der Waals surface area contributed by atoms with E-state index in [4.69, 9.17) is 4.74 Å². The maximum absolute atomic E-state index is 11.5. The van der Waals surface area contributed by atoms with Gasteiger partial charge in [-0.15, -0.1) is 0 Å². The first kappa shape index (κ1) is 21.3. The highest BCUT2D eigenvalue weighted by Gasteiger charge is 2.45. The molecule has 1 amide bonds. The number of hydrogen-bond acceptors (Lipinski definition) is 8. The number of benzene rings is 2. The lowest BCUT2D eigenvalue weighted by atomic mass is 10.0. The number of carbonyl (C=O) groups excluding carboxylic acids is 1. The Morgan fingerprint density at radius 1 is 1.15 bits per heavy atom. The van der Waals surface area contributed by atoms with Crippen LogP contribution in [0.5, 0.6) is 0 Å². The molecule has 2 aromatic heterocycles. The van der Waals surface area contributed by atoms with Gasteiger partial charge in [0.25, 0.3) is 0 Å². The lowest BCUT2D eigenvalue weighted by Gasteiger charge is -2.19. The number of imidazole rings is 1. The number of aromatic nitrogens is 4. The molecule has 0 radical (unpaired) electrons. The number of hydrogen-bond donors (Lipinski definition) is 4. The van der Waals surface area contributed by atoms with E-state index in [0.29, 0.717) is 23.5 Å². The SMILES string of the molecule is CC(=O)N[C@H]1[C@@H](O)[C@@H](n2cnc3c(NCc4cccc5ccccc45)ncnc32)O[C@@H]1CO. The van der Waals surface area contributed by atoms with Crippen molar-refractivity contribution in [2.45, 2.75) is 37.9 Å². The van der Waals surface area contributed by atoms with E-state index < -0.39 is 24.5 Å². The third-order valence-electron chi connectivity index (χ3n) is 5.88. The van der Waals surface area contributed by atoms with Crippen molar-refractivity contribution in [3.8, 4) is 0 Å². The molecule has 4 aromatic rings. The van der Waals surface area contributed by atoms with Gasteiger partial charge in [-0.1, -0.05) is 42.5 Å². The molecule has 1 aliphatic heterocycles. The fourth-order valence-electron chi connectivity index (χ4n) is 4.33. The molecular weight excluding hydrogens is 424 g/mol. The summed E-state index contributed by atoms with van der Waals surface area (Å²) in [6, 6.07) is 13.6. The number of nitrogens with zero attached hydrogens (tertiary/aromatic N) is 4. The van der Waals surface area contributed by atoms with Gasteiger partial charge in [-0.25, -0.2) is 15.0 Å². The van der Waals surface area contributed by atoms with E-state index in [9.17, 15) is 15.0 Å². The van der Waals surface area contributed by atoms with Crippen LogP contribution < -0.4 is 10.6 Å². The van der Waals surface area contributed by atoms with Gasteiger partial charge in [0.15, 0.2) is 23.2 Å². The molecule has 0 aliphatic carbocycles. The minimum atomic E-state index is -1.09. The fourth-order valence-corrected chi connectivity index (χ4v) is 4.33. The summed E-state index contributed by atoms with van der Waals surface area (Å²) in [5.74, 6) is 0.232. The van der Waals surface area contributed by atoms with Crippen molar-refractivity contribution < 1.29 is 19.7 Å². The van der Waals surface area contributed by atoms with Gasteiger partial charge in [0.1, 0.15) is 18.5 Å². The molecule has 1 fully saturated rings. The van der Waals surface area contributed by atoms with E-state index in [2.05, 4.69) is 49.9 Å². The number of carbonyl (C=O) groups is 1. The average Bonchev–Trinajstić information content (AvgIpc) is 3.38. The highest BCUT2D eigenvalue weighted by Crippen LogP contribution is 2.32. The number of nitrogens with one attached hydrogen (secondary N) is 2. The summed E-state index contributed by atoms with van der Waals surface area (Å²) in [6.07, 6.45) is 0.218. The van der Waals surface area contributed by atoms with Gasteiger partial charge in [-0.2, -0.15) is 0 Å².